The van der Waals surface area contributed by atoms with E-state index in [2.05, 4.69) is 33.9 Å². The number of ether oxygens (including phenoxy) is 1. The number of para-hydroxylation sites is 2. The lowest BCUT2D eigenvalue weighted by Gasteiger charge is -2.37. The lowest BCUT2D eigenvalue weighted by molar-refractivity contribution is 0.122. The molecule has 0 bridgehead atoms. The van der Waals surface area contributed by atoms with E-state index < -0.39 is 6.43 Å². The average Bonchev–Trinajstić information content (AvgIpc) is 3.19. The van der Waals surface area contributed by atoms with Gasteiger partial charge in [-0.25, -0.2) is 13.8 Å². The molecule has 32 heavy (non-hydrogen) atoms. The Morgan fingerprint density at radius 1 is 0.969 bits per heavy atom. The number of hydrogen-bond donors (Lipinski definition) is 1. The summed E-state index contributed by atoms with van der Waals surface area (Å²) in [5.41, 5.74) is 1.11. The molecule has 0 aliphatic carbocycles. The number of rotatable bonds is 4. The largest absolute Gasteiger partial charge is 0.378 e. The summed E-state index contributed by atoms with van der Waals surface area (Å²) in [6.07, 6.45) is -2.73. The molecular formula is C22H27F2N7O. The maximum absolute atomic E-state index is 14.0. The Labute approximate surface area is 185 Å². The first-order chi connectivity index (χ1) is 15.5. The first kappa shape index (κ1) is 21.0. The van der Waals surface area contributed by atoms with Gasteiger partial charge in [-0.2, -0.15) is 9.97 Å². The minimum Gasteiger partial charge on any atom is -0.378 e. The molecule has 0 amide bonds. The van der Waals surface area contributed by atoms with Crippen LogP contribution in [0, 0.1) is 0 Å². The van der Waals surface area contributed by atoms with Gasteiger partial charge in [-0.15, -0.1) is 0 Å². The Bertz CT molecular complexity index is 1090. The lowest BCUT2D eigenvalue weighted by Crippen LogP contribution is -2.54. The molecule has 1 N–H and O–H groups in total. The van der Waals surface area contributed by atoms with Crippen LogP contribution in [0.4, 0.5) is 20.5 Å². The van der Waals surface area contributed by atoms with Crippen LogP contribution >= 0.6 is 0 Å². The van der Waals surface area contributed by atoms with Crippen molar-refractivity contribution in [2.24, 2.45) is 0 Å². The quantitative estimate of drug-likeness (QED) is 0.665. The van der Waals surface area contributed by atoms with Gasteiger partial charge in [0.25, 0.3) is 6.43 Å². The standard InChI is InChI=1S/C22H27F2N7O/c1-14-12-30(13-15(2)25-14)22-27-18(29-7-9-32-10-8-29)11-19(28-22)31-17-6-4-3-5-16(17)26-21(31)20(23)24/h3-6,11,14-15,20,25H,7-10,12-13H2,1-2H3. The lowest BCUT2D eigenvalue weighted by atomic mass is 10.1. The molecule has 4 heterocycles. The summed E-state index contributed by atoms with van der Waals surface area (Å²) in [5, 5.41) is 3.51. The summed E-state index contributed by atoms with van der Waals surface area (Å²) >= 11 is 0. The summed E-state index contributed by atoms with van der Waals surface area (Å²) in [5.74, 6) is 1.34. The summed E-state index contributed by atoms with van der Waals surface area (Å²) in [6.45, 7) is 8.30. The van der Waals surface area contributed by atoms with Crippen LogP contribution in [0.25, 0.3) is 16.9 Å². The van der Waals surface area contributed by atoms with Gasteiger partial charge in [0.05, 0.1) is 24.2 Å². The van der Waals surface area contributed by atoms with Crippen molar-refractivity contribution in [3.63, 3.8) is 0 Å². The molecule has 0 radical (unpaired) electrons. The Balaban J connectivity index is 1.67. The molecule has 8 nitrogen and oxygen atoms in total. The number of benzene rings is 1. The first-order valence-corrected chi connectivity index (χ1v) is 11.0. The van der Waals surface area contributed by atoms with Gasteiger partial charge in [-0.3, -0.25) is 4.57 Å². The van der Waals surface area contributed by atoms with Crippen molar-refractivity contribution in [2.45, 2.75) is 32.4 Å². The van der Waals surface area contributed by atoms with Gasteiger partial charge in [0, 0.05) is 44.3 Å². The second-order valence-electron chi connectivity index (χ2n) is 8.45. The molecule has 2 aliphatic heterocycles. The summed E-state index contributed by atoms with van der Waals surface area (Å²) in [6, 6.07) is 9.46. The Kier molecular flexibility index (Phi) is 5.64. The highest BCUT2D eigenvalue weighted by molar-refractivity contribution is 5.78. The third-order valence-electron chi connectivity index (χ3n) is 5.87. The van der Waals surface area contributed by atoms with Crippen LogP contribution in [0.1, 0.15) is 26.1 Å². The van der Waals surface area contributed by atoms with Crippen molar-refractivity contribution in [2.75, 3.05) is 49.2 Å². The van der Waals surface area contributed by atoms with Crippen LogP contribution in [0.2, 0.25) is 0 Å². The zero-order chi connectivity index (χ0) is 22.2. The van der Waals surface area contributed by atoms with Gasteiger partial charge in [-0.05, 0) is 26.0 Å². The van der Waals surface area contributed by atoms with E-state index in [1.54, 1.807) is 24.3 Å². The maximum Gasteiger partial charge on any atom is 0.296 e. The molecule has 2 aliphatic rings. The van der Waals surface area contributed by atoms with E-state index in [0.29, 0.717) is 54.9 Å². The highest BCUT2D eigenvalue weighted by Crippen LogP contribution is 2.30. The fourth-order valence-corrected chi connectivity index (χ4v) is 4.54. The van der Waals surface area contributed by atoms with Gasteiger partial charge >= 0.3 is 0 Å². The molecule has 1 aromatic carbocycles. The van der Waals surface area contributed by atoms with Gasteiger partial charge < -0.3 is 19.9 Å². The molecule has 2 aromatic heterocycles. The number of piperazine rings is 1. The number of aromatic nitrogens is 4. The Morgan fingerprint density at radius 2 is 1.66 bits per heavy atom. The van der Waals surface area contributed by atoms with Gasteiger partial charge in [0.15, 0.2) is 5.82 Å². The molecule has 3 aromatic rings. The number of alkyl halides is 2. The molecule has 2 saturated heterocycles. The van der Waals surface area contributed by atoms with Crippen LogP contribution < -0.4 is 15.1 Å². The maximum atomic E-state index is 14.0. The van der Waals surface area contributed by atoms with E-state index in [4.69, 9.17) is 14.7 Å². The predicted octanol–water partition coefficient (Wildman–Crippen LogP) is 2.78. The third-order valence-corrected chi connectivity index (χ3v) is 5.87. The van der Waals surface area contributed by atoms with Gasteiger partial charge in [0.2, 0.25) is 5.95 Å². The zero-order valence-electron chi connectivity index (χ0n) is 18.2. The number of hydrogen-bond acceptors (Lipinski definition) is 7. The number of fused-ring (bicyclic) bond motifs is 1. The molecule has 2 unspecified atom stereocenters. The van der Waals surface area contributed by atoms with Crippen LogP contribution in [-0.4, -0.2) is 71.0 Å². The highest BCUT2D eigenvalue weighted by atomic mass is 19.3. The Morgan fingerprint density at radius 3 is 2.38 bits per heavy atom. The first-order valence-electron chi connectivity index (χ1n) is 11.0. The molecule has 2 fully saturated rings. The minimum absolute atomic E-state index is 0.267. The average molecular weight is 444 g/mol. The molecule has 5 rings (SSSR count). The smallest absolute Gasteiger partial charge is 0.296 e. The molecule has 10 heteroatoms. The van der Waals surface area contributed by atoms with Crippen LogP contribution in [0.15, 0.2) is 30.3 Å². The van der Waals surface area contributed by atoms with Crippen molar-refractivity contribution in [3.05, 3.63) is 36.2 Å². The summed E-state index contributed by atoms with van der Waals surface area (Å²) in [4.78, 5) is 18.1. The van der Waals surface area contributed by atoms with Crippen molar-refractivity contribution in [1.29, 1.82) is 0 Å². The van der Waals surface area contributed by atoms with E-state index >= 15 is 0 Å². The van der Waals surface area contributed by atoms with Gasteiger partial charge in [0.1, 0.15) is 11.6 Å². The zero-order valence-corrected chi connectivity index (χ0v) is 18.2. The SMILES string of the molecule is CC1CN(c2nc(N3CCOCC3)cc(-n3c(C(F)F)nc4ccccc43)n2)CC(C)N1. The second kappa shape index (κ2) is 8.59. The summed E-state index contributed by atoms with van der Waals surface area (Å²) < 4.78 is 34.9. The topological polar surface area (TPSA) is 71.3 Å². The van der Waals surface area contributed by atoms with Crippen molar-refractivity contribution < 1.29 is 13.5 Å². The van der Waals surface area contributed by atoms with Gasteiger partial charge in [-0.1, -0.05) is 12.1 Å². The van der Waals surface area contributed by atoms with Crippen LogP contribution in [-0.2, 0) is 4.74 Å². The number of morpholine rings is 1. The Hall–Kier alpha value is -2.85. The molecule has 0 saturated carbocycles. The van der Waals surface area contributed by atoms with E-state index in [-0.39, 0.29) is 17.9 Å². The van der Waals surface area contributed by atoms with Crippen LogP contribution in [0.5, 0.6) is 0 Å². The summed E-state index contributed by atoms with van der Waals surface area (Å²) in [7, 11) is 0. The molecular weight excluding hydrogens is 416 g/mol. The number of nitrogens with zero attached hydrogens (tertiary/aromatic N) is 6. The van der Waals surface area contributed by atoms with E-state index in [1.807, 2.05) is 6.07 Å². The second-order valence-corrected chi connectivity index (χ2v) is 8.45. The van der Waals surface area contributed by atoms with E-state index in [1.165, 1.54) is 4.57 Å². The number of imidazole rings is 1. The minimum atomic E-state index is -2.73. The van der Waals surface area contributed by atoms with Crippen molar-refractivity contribution in [1.82, 2.24) is 24.8 Å². The van der Waals surface area contributed by atoms with Crippen molar-refractivity contribution in [3.8, 4) is 5.82 Å². The van der Waals surface area contributed by atoms with Crippen molar-refractivity contribution >= 4 is 22.8 Å². The fourth-order valence-electron chi connectivity index (χ4n) is 4.54. The number of nitrogens with one attached hydrogen (secondary N) is 1. The molecule has 0 spiro atoms. The normalized spacial score (nSPS) is 22.2. The fraction of sp³-hybridized carbons (Fsp3) is 0.500. The highest BCUT2D eigenvalue weighted by Gasteiger charge is 2.27. The van der Waals surface area contributed by atoms with E-state index in [9.17, 15) is 8.78 Å². The van der Waals surface area contributed by atoms with E-state index in [0.717, 1.165) is 13.1 Å². The monoisotopic (exact) mass is 443 g/mol. The molecule has 2 atom stereocenters. The predicted molar refractivity (Wildman–Crippen MR) is 119 cm³/mol. The third kappa shape index (κ3) is 4.00. The number of anilines is 2. The molecule has 170 valence electrons. The van der Waals surface area contributed by atoms with Crippen LogP contribution in [0.3, 0.4) is 0 Å². The number of halogens is 2.